The molecule has 0 spiro atoms. The molecular formula is C15H23BrFN. The van der Waals surface area contributed by atoms with Gasteiger partial charge in [0.15, 0.2) is 0 Å². The maximum absolute atomic E-state index is 13.5. The van der Waals surface area contributed by atoms with Gasteiger partial charge >= 0.3 is 0 Å². The Hall–Kier alpha value is -0.410. The number of benzene rings is 1. The molecule has 1 atom stereocenters. The lowest BCUT2D eigenvalue weighted by atomic mass is 10.0. The summed E-state index contributed by atoms with van der Waals surface area (Å²) in [6.45, 7) is 6.50. The third-order valence-corrected chi connectivity index (χ3v) is 3.86. The number of unbranched alkanes of at least 4 members (excludes halogenated alkanes) is 1. The highest BCUT2D eigenvalue weighted by Gasteiger charge is 2.13. The van der Waals surface area contributed by atoms with Gasteiger partial charge in [0, 0.05) is 12.1 Å². The highest BCUT2D eigenvalue weighted by Crippen LogP contribution is 2.22. The van der Waals surface area contributed by atoms with E-state index < -0.39 is 0 Å². The van der Waals surface area contributed by atoms with Gasteiger partial charge < -0.3 is 5.32 Å². The van der Waals surface area contributed by atoms with Crippen LogP contribution in [0.5, 0.6) is 0 Å². The van der Waals surface area contributed by atoms with Crippen LogP contribution in [0.25, 0.3) is 0 Å². The predicted molar refractivity (Wildman–Crippen MR) is 79.4 cm³/mol. The first-order chi connectivity index (χ1) is 8.54. The molecule has 0 heterocycles. The Kier molecular flexibility index (Phi) is 6.87. The Labute approximate surface area is 118 Å². The molecule has 0 aliphatic rings. The molecule has 0 radical (unpaired) electrons. The molecule has 0 saturated heterocycles. The van der Waals surface area contributed by atoms with Crippen molar-refractivity contribution in [1.82, 2.24) is 5.32 Å². The lowest BCUT2D eigenvalue weighted by Crippen LogP contribution is -2.36. The largest absolute Gasteiger partial charge is 0.311 e. The molecule has 0 aliphatic heterocycles. The van der Waals surface area contributed by atoms with Crippen LogP contribution in [0.15, 0.2) is 22.7 Å². The molecule has 3 heteroatoms. The smallest absolute Gasteiger partial charge is 0.137 e. The molecule has 1 aromatic carbocycles. The van der Waals surface area contributed by atoms with Crippen LogP contribution in [0, 0.1) is 5.82 Å². The van der Waals surface area contributed by atoms with E-state index in [0.29, 0.717) is 16.6 Å². The average Bonchev–Trinajstić information content (AvgIpc) is 2.31. The van der Waals surface area contributed by atoms with Crippen molar-refractivity contribution in [1.29, 1.82) is 0 Å². The van der Waals surface area contributed by atoms with Gasteiger partial charge in [0.05, 0.1) is 4.47 Å². The lowest BCUT2D eigenvalue weighted by Gasteiger charge is -2.22. The Bertz CT molecular complexity index is 366. The van der Waals surface area contributed by atoms with Crippen molar-refractivity contribution >= 4 is 15.9 Å². The van der Waals surface area contributed by atoms with Gasteiger partial charge in [-0.25, -0.2) is 4.39 Å². The van der Waals surface area contributed by atoms with Crippen molar-refractivity contribution in [2.45, 2.75) is 58.5 Å². The zero-order chi connectivity index (χ0) is 13.5. The highest BCUT2D eigenvalue weighted by atomic mass is 79.9. The second-order valence-electron chi connectivity index (χ2n) is 5.08. The molecule has 0 bridgehead atoms. The zero-order valence-corrected chi connectivity index (χ0v) is 13.1. The first kappa shape index (κ1) is 15.6. The molecule has 1 rings (SSSR count). The van der Waals surface area contributed by atoms with Crippen molar-refractivity contribution in [2.24, 2.45) is 0 Å². The molecule has 18 heavy (non-hydrogen) atoms. The minimum absolute atomic E-state index is 0.175. The van der Waals surface area contributed by atoms with E-state index in [1.165, 1.54) is 18.9 Å². The summed E-state index contributed by atoms with van der Waals surface area (Å²) in [7, 11) is 0. The molecule has 1 N–H and O–H groups in total. The van der Waals surface area contributed by atoms with E-state index in [9.17, 15) is 4.39 Å². The van der Waals surface area contributed by atoms with Gasteiger partial charge in [-0.1, -0.05) is 45.7 Å². The maximum Gasteiger partial charge on any atom is 0.137 e. The van der Waals surface area contributed by atoms with E-state index in [4.69, 9.17) is 0 Å². The summed E-state index contributed by atoms with van der Waals surface area (Å²) < 4.78 is 14.1. The normalized spacial score (nSPS) is 13.0. The third kappa shape index (κ3) is 5.07. The minimum atomic E-state index is -0.175. The molecule has 0 fully saturated rings. The Morgan fingerprint density at radius 2 is 2.06 bits per heavy atom. The highest BCUT2D eigenvalue weighted by molar-refractivity contribution is 9.10. The predicted octanol–water partition coefficient (Wildman–Crippen LogP) is 4.69. The topological polar surface area (TPSA) is 12.0 Å². The van der Waals surface area contributed by atoms with E-state index in [0.717, 1.165) is 18.4 Å². The van der Waals surface area contributed by atoms with Gasteiger partial charge in [0.1, 0.15) is 5.82 Å². The molecule has 1 nitrogen and oxygen atoms in total. The van der Waals surface area contributed by atoms with Crippen molar-refractivity contribution in [3.05, 3.63) is 34.1 Å². The molecule has 1 aromatic rings. The quantitative estimate of drug-likeness (QED) is 0.769. The second-order valence-corrected chi connectivity index (χ2v) is 5.87. The summed E-state index contributed by atoms with van der Waals surface area (Å²) in [5, 5.41) is 3.57. The minimum Gasteiger partial charge on any atom is -0.311 e. The first-order valence-electron chi connectivity index (χ1n) is 6.73. The molecule has 1 unspecified atom stereocenters. The molecular weight excluding hydrogens is 293 g/mol. The van der Waals surface area contributed by atoms with E-state index in [-0.39, 0.29) is 5.82 Å². The van der Waals surface area contributed by atoms with E-state index in [2.05, 4.69) is 42.0 Å². The lowest BCUT2D eigenvalue weighted by molar-refractivity contribution is 0.423. The van der Waals surface area contributed by atoms with Crippen molar-refractivity contribution in [3.8, 4) is 0 Å². The molecule has 102 valence electrons. The van der Waals surface area contributed by atoms with E-state index in [1.54, 1.807) is 6.07 Å². The van der Waals surface area contributed by atoms with Crippen LogP contribution in [-0.4, -0.2) is 12.1 Å². The fourth-order valence-electron chi connectivity index (χ4n) is 2.14. The summed E-state index contributed by atoms with van der Waals surface area (Å²) in [6.07, 6.45) is 4.41. The van der Waals surface area contributed by atoms with Crippen molar-refractivity contribution in [3.63, 3.8) is 0 Å². The monoisotopic (exact) mass is 315 g/mol. The Balaban J connectivity index is 2.72. The standard InChI is InChI=1S/C15H23BrFN/c1-4-5-8-13(18-11(2)3)10-12-7-6-9-14(17)15(12)16/h6-7,9,11,13,18H,4-5,8,10H2,1-3H3. The van der Waals surface area contributed by atoms with Gasteiger partial charge in [-0.3, -0.25) is 0 Å². The zero-order valence-electron chi connectivity index (χ0n) is 11.5. The summed E-state index contributed by atoms with van der Waals surface area (Å²) in [5.74, 6) is -0.175. The SMILES string of the molecule is CCCCC(Cc1cccc(F)c1Br)NC(C)C. The van der Waals surface area contributed by atoms with Gasteiger partial charge in [-0.05, 0) is 40.4 Å². The van der Waals surface area contributed by atoms with Crippen LogP contribution in [-0.2, 0) is 6.42 Å². The number of rotatable bonds is 7. The molecule has 0 saturated carbocycles. The maximum atomic E-state index is 13.5. The van der Waals surface area contributed by atoms with E-state index >= 15 is 0 Å². The van der Waals surface area contributed by atoms with Gasteiger partial charge in [0.25, 0.3) is 0 Å². The number of halogens is 2. The summed E-state index contributed by atoms with van der Waals surface area (Å²) in [6, 6.07) is 6.14. The van der Waals surface area contributed by atoms with Crippen molar-refractivity contribution in [2.75, 3.05) is 0 Å². The van der Waals surface area contributed by atoms with Crippen LogP contribution in [0.2, 0.25) is 0 Å². The van der Waals surface area contributed by atoms with Crippen LogP contribution in [0.1, 0.15) is 45.6 Å². The number of nitrogens with one attached hydrogen (secondary N) is 1. The van der Waals surface area contributed by atoms with Crippen LogP contribution >= 0.6 is 15.9 Å². The van der Waals surface area contributed by atoms with E-state index in [1.807, 2.05) is 6.07 Å². The summed E-state index contributed by atoms with van der Waals surface area (Å²) >= 11 is 3.34. The molecule has 0 aliphatic carbocycles. The summed E-state index contributed by atoms with van der Waals surface area (Å²) in [5.41, 5.74) is 1.05. The number of hydrogen-bond donors (Lipinski definition) is 1. The van der Waals surface area contributed by atoms with Gasteiger partial charge in [0.2, 0.25) is 0 Å². The van der Waals surface area contributed by atoms with Crippen LogP contribution in [0.4, 0.5) is 4.39 Å². The number of hydrogen-bond acceptors (Lipinski definition) is 1. The van der Waals surface area contributed by atoms with Gasteiger partial charge in [-0.15, -0.1) is 0 Å². The Morgan fingerprint density at radius 1 is 1.33 bits per heavy atom. The Morgan fingerprint density at radius 3 is 2.67 bits per heavy atom. The molecule has 0 amide bonds. The third-order valence-electron chi connectivity index (χ3n) is 2.97. The van der Waals surface area contributed by atoms with Crippen LogP contribution in [0.3, 0.4) is 0 Å². The van der Waals surface area contributed by atoms with Gasteiger partial charge in [-0.2, -0.15) is 0 Å². The first-order valence-corrected chi connectivity index (χ1v) is 7.52. The fourth-order valence-corrected chi connectivity index (χ4v) is 2.56. The fraction of sp³-hybridized carbons (Fsp3) is 0.600. The average molecular weight is 316 g/mol. The van der Waals surface area contributed by atoms with Crippen molar-refractivity contribution < 1.29 is 4.39 Å². The summed E-state index contributed by atoms with van der Waals surface area (Å²) in [4.78, 5) is 0. The van der Waals surface area contributed by atoms with Crippen LogP contribution < -0.4 is 5.32 Å². The second kappa shape index (κ2) is 7.90. The molecule has 0 aromatic heterocycles.